The number of aromatic nitrogens is 2. The van der Waals surface area contributed by atoms with E-state index >= 15 is 0 Å². The van der Waals surface area contributed by atoms with Crippen LogP contribution in [0.3, 0.4) is 0 Å². The van der Waals surface area contributed by atoms with Gasteiger partial charge in [-0.1, -0.05) is 23.2 Å². The molecule has 0 saturated carbocycles. The SMILES string of the molecule is ClC(Cl)c1ncc[nH]1. The van der Waals surface area contributed by atoms with Crippen LogP contribution in [-0.2, 0) is 0 Å². The van der Waals surface area contributed by atoms with Crippen molar-refractivity contribution in [3.8, 4) is 0 Å². The summed E-state index contributed by atoms with van der Waals surface area (Å²) in [5.41, 5.74) is 0. The highest BCUT2D eigenvalue weighted by molar-refractivity contribution is 6.43. The molecule has 0 aliphatic heterocycles. The van der Waals surface area contributed by atoms with Gasteiger partial charge in [0, 0.05) is 12.4 Å². The standard InChI is InChI=1S/C4H4Cl2N2/c5-3(6)4-7-1-2-8-4/h1-3H,(H,7,8). The maximum atomic E-state index is 5.42. The number of nitrogens with one attached hydrogen (secondary N) is 1. The van der Waals surface area contributed by atoms with Crippen LogP contribution in [0.15, 0.2) is 12.4 Å². The minimum absolute atomic E-state index is 0.537. The van der Waals surface area contributed by atoms with E-state index in [1.165, 1.54) is 0 Å². The molecule has 0 aliphatic rings. The highest BCUT2D eigenvalue weighted by Gasteiger charge is 2.02. The minimum atomic E-state index is -0.537. The normalized spacial score (nSPS) is 10.4. The van der Waals surface area contributed by atoms with Crippen LogP contribution in [0.1, 0.15) is 10.7 Å². The molecular formula is C4H4Cl2N2. The zero-order chi connectivity index (χ0) is 5.98. The summed E-state index contributed by atoms with van der Waals surface area (Å²) in [5.74, 6) is 0.591. The van der Waals surface area contributed by atoms with Crippen molar-refractivity contribution in [2.75, 3.05) is 0 Å². The number of hydrogen-bond donors (Lipinski definition) is 1. The van der Waals surface area contributed by atoms with E-state index in [1.54, 1.807) is 12.4 Å². The smallest absolute Gasteiger partial charge is 0.165 e. The van der Waals surface area contributed by atoms with E-state index in [0.29, 0.717) is 5.82 Å². The van der Waals surface area contributed by atoms with Gasteiger partial charge in [0.15, 0.2) is 4.84 Å². The fourth-order valence-corrected chi connectivity index (χ4v) is 0.635. The van der Waals surface area contributed by atoms with Gasteiger partial charge in [0.1, 0.15) is 5.82 Å². The topological polar surface area (TPSA) is 28.7 Å². The van der Waals surface area contributed by atoms with Crippen molar-refractivity contribution in [2.24, 2.45) is 0 Å². The maximum absolute atomic E-state index is 5.42. The van der Waals surface area contributed by atoms with Gasteiger partial charge in [0.2, 0.25) is 0 Å². The Kier molecular flexibility index (Phi) is 1.76. The van der Waals surface area contributed by atoms with Crippen molar-refractivity contribution >= 4 is 23.2 Å². The van der Waals surface area contributed by atoms with Gasteiger partial charge >= 0.3 is 0 Å². The first-order valence-electron chi connectivity index (χ1n) is 2.08. The summed E-state index contributed by atoms with van der Waals surface area (Å²) in [6.07, 6.45) is 3.28. The van der Waals surface area contributed by atoms with Crippen molar-refractivity contribution in [1.82, 2.24) is 9.97 Å². The zero-order valence-electron chi connectivity index (χ0n) is 3.94. The average Bonchev–Trinajstić information content (AvgIpc) is 2.12. The lowest BCUT2D eigenvalue weighted by Gasteiger charge is -1.90. The first-order valence-corrected chi connectivity index (χ1v) is 2.95. The molecule has 1 N–H and O–H groups in total. The lowest BCUT2D eigenvalue weighted by atomic mass is 10.7. The van der Waals surface area contributed by atoms with Gasteiger partial charge in [-0.15, -0.1) is 0 Å². The molecular weight excluding hydrogens is 147 g/mol. The molecule has 0 fully saturated rings. The molecule has 0 bridgehead atoms. The first-order chi connectivity index (χ1) is 3.80. The number of alkyl halides is 2. The monoisotopic (exact) mass is 150 g/mol. The zero-order valence-corrected chi connectivity index (χ0v) is 5.45. The van der Waals surface area contributed by atoms with Crippen LogP contribution in [0.2, 0.25) is 0 Å². The van der Waals surface area contributed by atoms with Crippen LogP contribution < -0.4 is 0 Å². The molecule has 44 valence electrons. The summed E-state index contributed by atoms with van der Waals surface area (Å²) in [6.45, 7) is 0. The molecule has 0 unspecified atom stereocenters. The Morgan fingerprint density at radius 3 is 2.62 bits per heavy atom. The number of imidazole rings is 1. The molecule has 0 aromatic carbocycles. The van der Waals surface area contributed by atoms with E-state index < -0.39 is 4.84 Å². The van der Waals surface area contributed by atoms with E-state index in [4.69, 9.17) is 23.2 Å². The Morgan fingerprint density at radius 1 is 1.62 bits per heavy atom. The highest BCUT2D eigenvalue weighted by atomic mass is 35.5. The Balaban J connectivity index is 2.77. The summed E-state index contributed by atoms with van der Waals surface area (Å²) in [7, 11) is 0. The fraction of sp³-hybridized carbons (Fsp3) is 0.250. The molecule has 8 heavy (non-hydrogen) atoms. The largest absolute Gasteiger partial charge is 0.346 e. The average molecular weight is 151 g/mol. The Hall–Kier alpha value is -0.210. The Bertz CT molecular complexity index is 147. The predicted octanol–water partition coefficient (Wildman–Crippen LogP) is 1.89. The van der Waals surface area contributed by atoms with Crippen LogP contribution in [0, 0.1) is 0 Å². The van der Waals surface area contributed by atoms with Crippen molar-refractivity contribution in [3.05, 3.63) is 18.2 Å². The van der Waals surface area contributed by atoms with Gasteiger partial charge < -0.3 is 4.98 Å². The number of H-pyrrole nitrogens is 1. The van der Waals surface area contributed by atoms with E-state index in [9.17, 15) is 0 Å². The molecule has 0 amide bonds. The molecule has 4 heteroatoms. The Morgan fingerprint density at radius 2 is 2.38 bits per heavy atom. The predicted molar refractivity (Wildman–Crippen MR) is 33.0 cm³/mol. The third kappa shape index (κ3) is 1.14. The number of aromatic amines is 1. The molecule has 1 aromatic heterocycles. The molecule has 1 heterocycles. The molecule has 0 saturated heterocycles. The molecule has 0 spiro atoms. The van der Waals surface area contributed by atoms with E-state index in [2.05, 4.69) is 9.97 Å². The van der Waals surface area contributed by atoms with E-state index in [-0.39, 0.29) is 0 Å². The van der Waals surface area contributed by atoms with Gasteiger partial charge in [0.05, 0.1) is 0 Å². The molecule has 2 nitrogen and oxygen atoms in total. The van der Waals surface area contributed by atoms with Gasteiger partial charge in [-0.2, -0.15) is 0 Å². The molecule has 1 rings (SSSR count). The summed E-state index contributed by atoms with van der Waals surface area (Å²) < 4.78 is 0. The van der Waals surface area contributed by atoms with Crippen LogP contribution in [-0.4, -0.2) is 9.97 Å². The van der Waals surface area contributed by atoms with Crippen LogP contribution in [0.5, 0.6) is 0 Å². The first kappa shape index (κ1) is 5.92. The van der Waals surface area contributed by atoms with Crippen molar-refractivity contribution in [3.63, 3.8) is 0 Å². The third-order valence-electron chi connectivity index (χ3n) is 0.726. The van der Waals surface area contributed by atoms with E-state index in [0.717, 1.165) is 0 Å². The lowest BCUT2D eigenvalue weighted by Crippen LogP contribution is -1.81. The van der Waals surface area contributed by atoms with Crippen LogP contribution in [0.25, 0.3) is 0 Å². The second kappa shape index (κ2) is 2.37. The Labute approximate surface area is 56.8 Å². The van der Waals surface area contributed by atoms with Gasteiger partial charge in [-0.3, -0.25) is 0 Å². The van der Waals surface area contributed by atoms with Gasteiger partial charge in [0.25, 0.3) is 0 Å². The number of halogens is 2. The second-order valence-electron chi connectivity index (χ2n) is 1.28. The summed E-state index contributed by atoms with van der Waals surface area (Å²) in [4.78, 5) is 6.02. The number of nitrogens with zero attached hydrogens (tertiary/aromatic N) is 1. The summed E-state index contributed by atoms with van der Waals surface area (Å²) in [5, 5.41) is 0. The van der Waals surface area contributed by atoms with Crippen LogP contribution in [0.4, 0.5) is 0 Å². The number of hydrogen-bond acceptors (Lipinski definition) is 1. The van der Waals surface area contributed by atoms with Crippen molar-refractivity contribution in [1.29, 1.82) is 0 Å². The maximum Gasteiger partial charge on any atom is 0.165 e. The van der Waals surface area contributed by atoms with E-state index in [1.807, 2.05) is 0 Å². The second-order valence-corrected chi connectivity index (χ2v) is 2.37. The van der Waals surface area contributed by atoms with Gasteiger partial charge in [-0.25, -0.2) is 4.98 Å². The summed E-state index contributed by atoms with van der Waals surface area (Å²) in [6, 6.07) is 0. The fourth-order valence-electron chi connectivity index (χ4n) is 0.397. The minimum Gasteiger partial charge on any atom is -0.346 e. The highest BCUT2D eigenvalue weighted by Crippen LogP contribution is 2.19. The molecule has 0 aliphatic carbocycles. The third-order valence-corrected chi connectivity index (χ3v) is 1.14. The molecule has 0 atom stereocenters. The molecule has 0 radical (unpaired) electrons. The summed E-state index contributed by atoms with van der Waals surface area (Å²) >= 11 is 10.8. The van der Waals surface area contributed by atoms with Crippen molar-refractivity contribution in [2.45, 2.75) is 4.84 Å². The van der Waals surface area contributed by atoms with Gasteiger partial charge in [-0.05, 0) is 0 Å². The molecule has 1 aromatic rings. The van der Waals surface area contributed by atoms with Crippen molar-refractivity contribution < 1.29 is 0 Å². The number of rotatable bonds is 1. The van der Waals surface area contributed by atoms with Crippen LogP contribution >= 0.6 is 23.2 Å². The quantitative estimate of drug-likeness (QED) is 0.610. The lowest BCUT2D eigenvalue weighted by molar-refractivity contribution is 1.09.